The molecule has 1 fully saturated rings. The fraction of sp³-hybridized carbons (Fsp3) is 0.258. The highest BCUT2D eigenvalue weighted by Gasteiger charge is 2.23. The van der Waals surface area contributed by atoms with Crippen LogP contribution in [-0.4, -0.2) is 33.8 Å². The van der Waals surface area contributed by atoms with Gasteiger partial charge < -0.3 is 15.2 Å². The third-order valence-electron chi connectivity index (χ3n) is 7.46. The monoisotopic (exact) mass is 526 g/mol. The Balaban J connectivity index is 1.35. The molecule has 40 heavy (non-hydrogen) atoms. The van der Waals surface area contributed by atoms with Crippen LogP contribution in [-0.2, 0) is 12.8 Å². The highest BCUT2D eigenvalue weighted by Crippen LogP contribution is 2.33. The van der Waals surface area contributed by atoms with E-state index in [1.165, 1.54) is 0 Å². The largest absolute Gasteiger partial charge is 0.438 e. The third-order valence-corrected chi connectivity index (χ3v) is 7.46. The van der Waals surface area contributed by atoms with Crippen LogP contribution in [0.2, 0.25) is 0 Å². The van der Waals surface area contributed by atoms with E-state index in [-0.39, 0.29) is 17.9 Å². The molecule has 6 rings (SSSR count). The Hall–Kier alpha value is -4.55. The summed E-state index contributed by atoms with van der Waals surface area (Å²) >= 11 is 0. The second-order valence-corrected chi connectivity index (χ2v) is 10.2. The number of nitriles is 1. The van der Waals surface area contributed by atoms with Crippen LogP contribution in [0.4, 0.5) is 0 Å². The van der Waals surface area contributed by atoms with Crippen LogP contribution >= 0.6 is 0 Å². The van der Waals surface area contributed by atoms with Gasteiger partial charge in [0.15, 0.2) is 0 Å². The Morgan fingerprint density at radius 3 is 2.67 bits per heavy atom. The second-order valence-electron chi connectivity index (χ2n) is 10.2. The molecule has 0 aliphatic heterocycles. The lowest BCUT2D eigenvalue weighted by Crippen LogP contribution is -2.15. The van der Waals surface area contributed by atoms with E-state index in [2.05, 4.69) is 26.0 Å². The van der Waals surface area contributed by atoms with E-state index < -0.39 is 0 Å². The maximum atomic E-state index is 9.31. The fourth-order valence-electron chi connectivity index (χ4n) is 5.41. The molecular weight excluding hydrogens is 499 g/mol. The van der Waals surface area contributed by atoms with Crippen molar-refractivity contribution < 1.29 is 9.47 Å². The lowest BCUT2D eigenvalue weighted by atomic mass is 9.86. The molecule has 1 aliphatic carbocycles. The van der Waals surface area contributed by atoms with Gasteiger partial charge in [-0.2, -0.15) is 15.2 Å². The Kier molecular flexibility index (Phi) is 7.01. The molecule has 0 saturated heterocycles. The van der Waals surface area contributed by atoms with E-state index >= 15 is 0 Å². The highest BCUT2D eigenvalue weighted by atomic mass is 16.5. The van der Waals surface area contributed by atoms with E-state index in [0.29, 0.717) is 39.3 Å². The van der Waals surface area contributed by atoms with Gasteiger partial charge in [-0.25, -0.2) is 9.97 Å². The summed E-state index contributed by atoms with van der Waals surface area (Å²) in [5, 5.41) is 10.9. The standard InChI is InChI=1S/C31H27BN6O2/c1-2-20-7-11-25-28(29(20)32)30(39-22-5-3-4-19(13-22)16-33)38-31(37-25)40-23-9-10-24-26(35-17-36-27(24)15-23)14-18-6-8-21(34)12-18/h3-5,7,9-11,13,15,17-18,21H,2,6,8,12,14,34H2,1H3. The molecular formula is C31H27BN6O2. The lowest BCUT2D eigenvalue weighted by Gasteiger charge is -2.15. The fourth-order valence-corrected chi connectivity index (χ4v) is 5.41. The molecule has 1 saturated carbocycles. The van der Waals surface area contributed by atoms with Crippen LogP contribution < -0.4 is 20.7 Å². The number of aromatic nitrogens is 4. The van der Waals surface area contributed by atoms with Crippen LogP contribution in [0.3, 0.4) is 0 Å². The summed E-state index contributed by atoms with van der Waals surface area (Å²) in [6, 6.07) is 18.9. The van der Waals surface area contributed by atoms with Crippen molar-refractivity contribution in [1.29, 1.82) is 5.26 Å². The molecule has 3 aromatic carbocycles. The molecule has 5 aromatic rings. The Morgan fingerprint density at radius 2 is 1.88 bits per heavy atom. The second kappa shape index (κ2) is 10.9. The lowest BCUT2D eigenvalue weighted by molar-refractivity contribution is 0.417. The number of hydrogen-bond acceptors (Lipinski definition) is 8. The van der Waals surface area contributed by atoms with Crippen LogP contribution in [0.25, 0.3) is 21.8 Å². The molecule has 0 spiro atoms. The zero-order valence-corrected chi connectivity index (χ0v) is 22.2. The zero-order chi connectivity index (χ0) is 27.6. The van der Waals surface area contributed by atoms with Crippen molar-refractivity contribution in [3.8, 4) is 29.5 Å². The zero-order valence-electron chi connectivity index (χ0n) is 22.2. The number of nitrogens with zero attached hydrogens (tertiary/aromatic N) is 5. The van der Waals surface area contributed by atoms with Crippen molar-refractivity contribution in [2.24, 2.45) is 11.7 Å². The first kappa shape index (κ1) is 25.7. The average Bonchev–Trinajstić information content (AvgIpc) is 3.37. The molecule has 196 valence electrons. The van der Waals surface area contributed by atoms with Gasteiger partial charge in [0, 0.05) is 17.5 Å². The molecule has 0 bridgehead atoms. The minimum Gasteiger partial charge on any atom is -0.438 e. The Bertz CT molecular complexity index is 1770. The number of hydrogen-bond donors (Lipinski definition) is 1. The molecule has 2 N–H and O–H groups in total. The molecule has 2 heterocycles. The van der Waals surface area contributed by atoms with Crippen molar-refractivity contribution in [1.82, 2.24) is 19.9 Å². The van der Waals surface area contributed by atoms with Crippen molar-refractivity contribution in [3.63, 3.8) is 0 Å². The number of ether oxygens (including phenoxy) is 2. The quantitative estimate of drug-likeness (QED) is 0.293. The van der Waals surface area contributed by atoms with Gasteiger partial charge in [-0.05, 0) is 74.4 Å². The highest BCUT2D eigenvalue weighted by molar-refractivity contribution is 6.40. The van der Waals surface area contributed by atoms with Crippen molar-refractivity contribution in [3.05, 3.63) is 77.7 Å². The van der Waals surface area contributed by atoms with Gasteiger partial charge >= 0.3 is 6.01 Å². The summed E-state index contributed by atoms with van der Waals surface area (Å²) in [6.45, 7) is 2.03. The van der Waals surface area contributed by atoms with E-state index in [1.807, 2.05) is 37.3 Å². The van der Waals surface area contributed by atoms with Crippen LogP contribution in [0.5, 0.6) is 23.4 Å². The summed E-state index contributed by atoms with van der Waals surface area (Å²) in [5.74, 6) is 1.80. The summed E-state index contributed by atoms with van der Waals surface area (Å²) in [6.07, 6.45) is 6.45. The van der Waals surface area contributed by atoms with Gasteiger partial charge in [-0.3, -0.25) is 0 Å². The molecule has 1 aliphatic rings. The van der Waals surface area contributed by atoms with Gasteiger partial charge in [0.05, 0.1) is 33.7 Å². The van der Waals surface area contributed by atoms with Crippen LogP contribution in [0.1, 0.15) is 43.0 Å². The molecule has 2 atom stereocenters. The summed E-state index contributed by atoms with van der Waals surface area (Å²) < 4.78 is 12.3. The Morgan fingerprint density at radius 1 is 1.00 bits per heavy atom. The molecule has 0 amide bonds. The van der Waals surface area contributed by atoms with Crippen molar-refractivity contribution >= 4 is 35.1 Å². The van der Waals surface area contributed by atoms with Gasteiger partial charge in [0.1, 0.15) is 25.7 Å². The number of aryl methyl sites for hydroxylation is 1. The van der Waals surface area contributed by atoms with Crippen molar-refractivity contribution in [2.75, 3.05) is 0 Å². The Labute approximate surface area is 233 Å². The topological polar surface area (TPSA) is 120 Å². The number of benzene rings is 3. The first-order chi connectivity index (χ1) is 19.5. The maximum absolute atomic E-state index is 9.31. The van der Waals surface area contributed by atoms with Gasteiger partial charge in [-0.15, -0.1) is 0 Å². The number of fused-ring (bicyclic) bond motifs is 2. The molecule has 2 aromatic heterocycles. The van der Waals surface area contributed by atoms with Crippen molar-refractivity contribution in [2.45, 2.75) is 45.1 Å². The first-order valence-electron chi connectivity index (χ1n) is 13.4. The third kappa shape index (κ3) is 5.18. The summed E-state index contributed by atoms with van der Waals surface area (Å²) in [4.78, 5) is 18.3. The van der Waals surface area contributed by atoms with E-state index in [0.717, 1.165) is 54.3 Å². The first-order valence-corrected chi connectivity index (χ1v) is 13.4. The summed E-state index contributed by atoms with van der Waals surface area (Å²) in [7, 11) is 6.51. The van der Waals surface area contributed by atoms with Crippen LogP contribution in [0, 0.1) is 17.2 Å². The van der Waals surface area contributed by atoms with E-state index in [1.54, 1.807) is 30.6 Å². The molecule has 2 radical (unpaired) electrons. The van der Waals surface area contributed by atoms with Gasteiger partial charge in [0.25, 0.3) is 0 Å². The normalized spacial score (nSPS) is 16.7. The smallest absolute Gasteiger partial charge is 0.325 e. The molecule has 2 unspecified atom stereocenters. The van der Waals surface area contributed by atoms with Gasteiger partial charge in [0.2, 0.25) is 5.88 Å². The molecule has 8 nitrogen and oxygen atoms in total. The number of rotatable bonds is 7. The number of nitrogens with two attached hydrogens (primary N) is 1. The summed E-state index contributed by atoms with van der Waals surface area (Å²) in [5.41, 5.74) is 10.5. The van der Waals surface area contributed by atoms with E-state index in [4.69, 9.17) is 23.1 Å². The van der Waals surface area contributed by atoms with Crippen LogP contribution in [0.15, 0.2) is 60.9 Å². The van der Waals surface area contributed by atoms with E-state index in [9.17, 15) is 5.26 Å². The minimum absolute atomic E-state index is 0.108. The predicted molar refractivity (Wildman–Crippen MR) is 154 cm³/mol. The average molecular weight is 526 g/mol. The minimum atomic E-state index is 0.108. The predicted octanol–water partition coefficient (Wildman–Crippen LogP) is 5.06. The maximum Gasteiger partial charge on any atom is 0.325 e. The SMILES string of the molecule is [B]c1c(CC)ccc2nc(Oc3ccc4c(CC5CCC(N)C5)ncnc4c3)nc(Oc3cccc(C#N)c3)c12. The van der Waals surface area contributed by atoms with Gasteiger partial charge in [-0.1, -0.05) is 30.1 Å². The molecule has 9 heteroatoms.